The van der Waals surface area contributed by atoms with E-state index in [1.165, 1.54) is 167 Å². The van der Waals surface area contributed by atoms with E-state index in [0.717, 1.165) is 19.3 Å². The van der Waals surface area contributed by atoms with Crippen molar-refractivity contribution in [2.75, 3.05) is 6.61 Å². The minimum absolute atomic E-state index is 0. The minimum atomic E-state index is -4.62. The van der Waals surface area contributed by atoms with E-state index in [2.05, 4.69) is 30.2 Å². The zero-order valence-corrected chi connectivity index (χ0v) is 30.8. The van der Waals surface area contributed by atoms with E-state index in [1.807, 2.05) is 0 Å². The number of hydrogen-bond acceptors (Lipinski definition) is 4. The third-order valence-electron chi connectivity index (χ3n) is 8.24. The van der Waals surface area contributed by atoms with Crippen LogP contribution in [0.2, 0.25) is 0 Å². The van der Waals surface area contributed by atoms with Crippen LogP contribution < -0.4 is 29.6 Å². The van der Waals surface area contributed by atoms with Crippen LogP contribution in [0.4, 0.5) is 0 Å². The second kappa shape index (κ2) is 35.1. The average molecular weight is 609 g/mol. The van der Waals surface area contributed by atoms with E-state index in [4.69, 9.17) is 0 Å². The van der Waals surface area contributed by atoms with Crippen molar-refractivity contribution in [3.63, 3.8) is 0 Å². The van der Waals surface area contributed by atoms with Gasteiger partial charge in [0.05, 0.1) is 6.61 Å². The van der Waals surface area contributed by atoms with Crippen molar-refractivity contribution in [1.82, 2.24) is 0 Å². The van der Waals surface area contributed by atoms with Crippen LogP contribution in [0, 0.1) is 5.92 Å². The van der Waals surface area contributed by atoms with Crippen LogP contribution in [0.5, 0.6) is 0 Å². The molecule has 41 heavy (non-hydrogen) atoms. The first-order valence-corrected chi connectivity index (χ1v) is 19.1. The number of unbranched alkanes of at least 4 members (excludes halogenated alkanes) is 26. The van der Waals surface area contributed by atoms with E-state index >= 15 is 0 Å². The van der Waals surface area contributed by atoms with Gasteiger partial charge in [-0.25, -0.2) is 8.42 Å². The van der Waals surface area contributed by atoms with Gasteiger partial charge in [0.15, 0.2) is 0 Å². The van der Waals surface area contributed by atoms with Crippen molar-refractivity contribution in [2.24, 2.45) is 5.92 Å². The fourth-order valence-electron chi connectivity index (χ4n) is 5.58. The summed E-state index contributed by atoms with van der Waals surface area (Å²) in [6.45, 7) is 4.51. The van der Waals surface area contributed by atoms with Crippen LogP contribution in [0.1, 0.15) is 200 Å². The Bertz CT molecular complexity index is 624. The van der Waals surface area contributed by atoms with Crippen molar-refractivity contribution >= 4 is 10.4 Å². The topological polar surface area (TPSA) is 66.4 Å². The number of allylic oxidation sites excluding steroid dienone is 1. The number of hydrogen-bond donors (Lipinski definition) is 0. The van der Waals surface area contributed by atoms with Crippen LogP contribution in [0.15, 0.2) is 12.2 Å². The van der Waals surface area contributed by atoms with Crippen LogP contribution in [-0.2, 0) is 14.6 Å². The van der Waals surface area contributed by atoms with Crippen LogP contribution >= 0.6 is 0 Å². The predicted molar refractivity (Wildman–Crippen MR) is 174 cm³/mol. The molecule has 0 saturated heterocycles. The summed E-state index contributed by atoms with van der Waals surface area (Å²) in [5.41, 5.74) is 0. The summed E-state index contributed by atoms with van der Waals surface area (Å²) in [6.07, 6.45) is 42.5. The van der Waals surface area contributed by atoms with E-state index in [1.54, 1.807) is 0 Å². The van der Waals surface area contributed by atoms with E-state index in [9.17, 15) is 13.0 Å². The van der Waals surface area contributed by atoms with Gasteiger partial charge in [0.2, 0.25) is 10.4 Å². The molecule has 0 aliphatic carbocycles. The summed E-state index contributed by atoms with van der Waals surface area (Å²) >= 11 is 0. The molecular weight excluding hydrogens is 539 g/mol. The zero-order chi connectivity index (χ0) is 29.4. The molecule has 0 bridgehead atoms. The molecule has 0 aromatic rings. The predicted octanol–water partition coefficient (Wildman–Crippen LogP) is 8.99. The van der Waals surface area contributed by atoms with Gasteiger partial charge in [-0.1, -0.05) is 193 Å². The quantitative estimate of drug-likeness (QED) is 0.0245. The summed E-state index contributed by atoms with van der Waals surface area (Å²) in [5.74, 6) is 0.0174. The molecule has 0 radical (unpaired) electrons. The summed E-state index contributed by atoms with van der Waals surface area (Å²) in [6, 6.07) is 0. The Morgan fingerprint density at radius 1 is 0.537 bits per heavy atom. The van der Waals surface area contributed by atoms with Gasteiger partial charge in [-0.2, -0.15) is 0 Å². The molecule has 0 heterocycles. The molecule has 0 spiro atoms. The van der Waals surface area contributed by atoms with Gasteiger partial charge in [0.1, 0.15) is 0 Å². The molecule has 0 aromatic heterocycles. The van der Waals surface area contributed by atoms with E-state index in [0.29, 0.717) is 0 Å². The van der Waals surface area contributed by atoms with Crippen LogP contribution in [-0.4, -0.2) is 19.6 Å². The van der Waals surface area contributed by atoms with Crippen molar-refractivity contribution in [2.45, 2.75) is 200 Å². The monoisotopic (exact) mass is 608 g/mol. The van der Waals surface area contributed by atoms with Crippen LogP contribution in [0.25, 0.3) is 0 Å². The molecule has 0 fully saturated rings. The van der Waals surface area contributed by atoms with Gasteiger partial charge in [0.25, 0.3) is 0 Å². The fraction of sp³-hybridized carbons (Fsp3) is 0.943. The summed E-state index contributed by atoms with van der Waals surface area (Å²) < 4.78 is 37.3. The maximum Gasteiger partial charge on any atom is 1.00 e. The summed E-state index contributed by atoms with van der Waals surface area (Å²) in [7, 11) is -4.62. The number of rotatable bonds is 33. The van der Waals surface area contributed by atoms with Gasteiger partial charge in [-0.05, 0) is 19.3 Å². The first-order chi connectivity index (χ1) is 19.5. The van der Waals surface area contributed by atoms with Gasteiger partial charge >= 0.3 is 29.6 Å². The molecule has 0 aliphatic heterocycles. The second-order valence-corrected chi connectivity index (χ2v) is 13.3. The fourth-order valence-corrected chi connectivity index (χ4v) is 5.92. The largest absolute Gasteiger partial charge is 1.00 e. The van der Waals surface area contributed by atoms with Crippen molar-refractivity contribution in [1.29, 1.82) is 0 Å². The SMILES string of the molecule is CCCCCCCCCCCCCCCCCCCC/C=C/C(CCCCCCCCCCC)COS(=O)(=O)[O-].[Na+]. The van der Waals surface area contributed by atoms with Crippen molar-refractivity contribution < 1.29 is 46.7 Å². The first-order valence-electron chi connectivity index (χ1n) is 17.8. The molecule has 0 saturated carbocycles. The van der Waals surface area contributed by atoms with Crippen molar-refractivity contribution in [3.05, 3.63) is 12.2 Å². The Kier molecular flexibility index (Phi) is 37.4. The first kappa shape index (κ1) is 43.7. The standard InChI is InChI=1S/C35H70O4S.Na/c1-3-5-7-9-11-13-14-15-16-17-18-19-20-21-22-23-25-27-29-31-33-35(34-39-40(36,37)38)32-30-28-26-24-12-10-8-6-4-2;/h31,33,35H,3-30,32,34H2,1-2H3,(H,36,37,38);/q;+1/p-1/b33-31+;. The maximum absolute atomic E-state index is 10.9. The van der Waals surface area contributed by atoms with Gasteiger partial charge in [-0.15, -0.1) is 0 Å². The third-order valence-corrected chi connectivity index (χ3v) is 8.66. The Morgan fingerprint density at radius 3 is 1.20 bits per heavy atom. The molecule has 0 rings (SSSR count). The zero-order valence-electron chi connectivity index (χ0n) is 28.0. The molecule has 1 atom stereocenters. The van der Waals surface area contributed by atoms with E-state index in [-0.39, 0.29) is 42.1 Å². The summed E-state index contributed by atoms with van der Waals surface area (Å²) in [5, 5.41) is 0. The smallest absolute Gasteiger partial charge is 0.726 e. The maximum atomic E-state index is 10.9. The molecule has 4 nitrogen and oxygen atoms in total. The van der Waals surface area contributed by atoms with Crippen molar-refractivity contribution in [3.8, 4) is 0 Å². The summed E-state index contributed by atoms with van der Waals surface area (Å²) in [4.78, 5) is 0. The second-order valence-electron chi connectivity index (χ2n) is 12.3. The van der Waals surface area contributed by atoms with Gasteiger partial charge in [-0.3, -0.25) is 4.18 Å². The minimum Gasteiger partial charge on any atom is -0.726 e. The Balaban J connectivity index is 0. The van der Waals surface area contributed by atoms with Gasteiger partial charge < -0.3 is 4.55 Å². The Hall–Kier alpha value is 0.610. The molecule has 240 valence electrons. The Labute approximate surface area is 280 Å². The molecule has 0 amide bonds. The molecule has 6 heteroatoms. The molecule has 0 N–H and O–H groups in total. The van der Waals surface area contributed by atoms with E-state index < -0.39 is 10.4 Å². The average Bonchev–Trinajstić information content (AvgIpc) is 2.93. The normalized spacial score (nSPS) is 12.7. The van der Waals surface area contributed by atoms with Crippen LogP contribution in [0.3, 0.4) is 0 Å². The molecule has 0 aromatic carbocycles. The molecular formula is C35H69NaO4S. The van der Waals surface area contributed by atoms with Gasteiger partial charge in [0, 0.05) is 5.92 Å². The third kappa shape index (κ3) is 38.6. The molecule has 1 unspecified atom stereocenters. The Morgan fingerprint density at radius 2 is 0.854 bits per heavy atom. The molecule has 0 aliphatic rings.